The van der Waals surface area contributed by atoms with Gasteiger partial charge in [-0.1, -0.05) is 18.2 Å². The number of ketones is 1. The Morgan fingerprint density at radius 3 is 2.28 bits per heavy atom. The lowest BCUT2D eigenvalue weighted by molar-refractivity contribution is -0.116. The number of rotatable bonds is 7. The Bertz CT molecular complexity index is 1080. The van der Waals surface area contributed by atoms with E-state index in [0.717, 1.165) is 0 Å². The van der Waals surface area contributed by atoms with E-state index in [4.69, 9.17) is 4.74 Å². The number of para-hydroxylation sites is 1. The molecule has 0 saturated carbocycles. The number of hydrogen-bond donors (Lipinski definition) is 1. The number of nitrogens with one attached hydrogen (secondary N) is 1. The highest BCUT2D eigenvalue weighted by atomic mass is 16.5. The lowest BCUT2D eigenvalue weighted by Gasteiger charge is -2.07. The zero-order chi connectivity index (χ0) is 21.0. The van der Waals surface area contributed by atoms with Gasteiger partial charge < -0.3 is 10.1 Å². The maximum Gasteiger partial charge on any atom is 0.295 e. The third kappa shape index (κ3) is 4.29. The first kappa shape index (κ1) is 20.1. The van der Waals surface area contributed by atoms with E-state index in [-0.39, 0.29) is 35.8 Å². The van der Waals surface area contributed by atoms with E-state index in [1.807, 2.05) is 30.3 Å². The van der Waals surface area contributed by atoms with Crippen LogP contribution in [0.1, 0.15) is 28.9 Å². The number of benzene rings is 2. The smallest absolute Gasteiger partial charge is 0.295 e. The molecule has 0 spiro atoms. The molecule has 3 aromatic rings. The summed E-state index contributed by atoms with van der Waals surface area (Å²) in [7, 11) is 3.31. The van der Waals surface area contributed by atoms with E-state index < -0.39 is 0 Å². The number of carbonyl (C=O) groups excluding carboxylic acids is 2. The Morgan fingerprint density at radius 2 is 1.66 bits per heavy atom. The van der Waals surface area contributed by atoms with E-state index in [1.54, 1.807) is 50.0 Å². The van der Waals surface area contributed by atoms with Crippen LogP contribution in [0, 0.1) is 6.92 Å². The summed E-state index contributed by atoms with van der Waals surface area (Å²) in [6, 6.07) is 15.9. The van der Waals surface area contributed by atoms with Crippen molar-refractivity contribution >= 4 is 17.4 Å². The van der Waals surface area contributed by atoms with Crippen molar-refractivity contribution in [2.24, 2.45) is 7.05 Å². The van der Waals surface area contributed by atoms with Gasteiger partial charge in [0.05, 0.1) is 18.5 Å². The topological polar surface area (TPSA) is 82.3 Å². The second kappa shape index (κ2) is 8.60. The number of nitrogens with zero attached hydrogens (tertiary/aromatic N) is 2. The third-order valence-corrected chi connectivity index (χ3v) is 4.81. The van der Waals surface area contributed by atoms with Crippen molar-refractivity contribution in [1.29, 1.82) is 0 Å². The average Bonchev–Trinajstić information content (AvgIpc) is 2.95. The number of methoxy groups -OCH3 is 1. The molecular weight excluding hydrogens is 370 g/mol. The molecule has 0 bridgehead atoms. The van der Waals surface area contributed by atoms with Gasteiger partial charge in [0.15, 0.2) is 5.78 Å². The van der Waals surface area contributed by atoms with Crippen LogP contribution in [0.25, 0.3) is 5.69 Å². The maximum atomic E-state index is 12.8. The second-order valence-electron chi connectivity index (χ2n) is 6.64. The number of amides is 1. The standard InChI is InChI=1S/C22H23N3O4/c1-15-21(22(28)25(24(15)2)17-7-5-4-6-8-17)23-20(27)14-13-19(26)16-9-11-18(29-3)12-10-16/h4-12H,13-14H2,1-3H3,(H,23,27). The van der Waals surface area contributed by atoms with Crippen LogP contribution in [0.15, 0.2) is 59.4 Å². The first-order valence-electron chi connectivity index (χ1n) is 9.23. The molecule has 1 N–H and O–H groups in total. The molecule has 0 fully saturated rings. The Kier molecular flexibility index (Phi) is 5.97. The molecule has 0 radical (unpaired) electrons. The number of aromatic nitrogens is 2. The summed E-state index contributed by atoms with van der Waals surface area (Å²) in [5.41, 5.74) is 1.76. The molecule has 0 aliphatic carbocycles. The molecule has 1 amide bonds. The van der Waals surface area contributed by atoms with Gasteiger partial charge in [-0.25, -0.2) is 4.68 Å². The van der Waals surface area contributed by atoms with E-state index >= 15 is 0 Å². The predicted molar refractivity (Wildman–Crippen MR) is 111 cm³/mol. The van der Waals surface area contributed by atoms with E-state index in [9.17, 15) is 14.4 Å². The van der Waals surface area contributed by atoms with Crippen molar-refractivity contribution in [2.75, 3.05) is 12.4 Å². The molecule has 0 aliphatic rings. The van der Waals surface area contributed by atoms with Crippen molar-refractivity contribution in [3.05, 3.63) is 76.2 Å². The van der Waals surface area contributed by atoms with Crippen LogP contribution in [0.3, 0.4) is 0 Å². The van der Waals surface area contributed by atoms with Gasteiger partial charge in [0.25, 0.3) is 5.56 Å². The fraction of sp³-hybridized carbons (Fsp3) is 0.227. The van der Waals surface area contributed by atoms with Gasteiger partial charge in [-0.15, -0.1) is 0 Å². The minimum Gasteiger partial charge on any atom is -0.497 e. The normalized spacial score (nSPS) is 10.6. The number of Topliss-reactive ketones (excluding diaryl/α,β-unsaturated/α-hetero) is 1. The summed E-state index contributed by atoms with van der Waals surface area (Å²) in [6.45, 7) is 1.76. The van der Waals surface area contributed by atoms with Crippen molar-refractivity contribution in [2.45, 2.75) is 19.8 Å². The second-order valence-corrected chi connectivity index (χ2v) is 6.64. The molecule has 3 rings (SSSR count). The van der Waals surface area contributed by atoms with E-state index in [2.05, 4.69) is 5.32 Å². The SMILES string of the molecule is COc1ccc(C(=O)CCC(=O)Nc2c(C)n(C)n(-c3ccccc3)c2=O)cc1. The van der Waals surface area contributed by atoms with Gasteiger partial charge in [0.2, 0.25) is 5.91 Å². The van der Waals surface area contributed by atoms with Crippen molar-refractivity contribution in [3.63, 3.8) is 0 Å². The van der Waals surface area contributed by atoms with Crippen LogP contribution in [-0.4, -0.2) is 28.2 Å². The molecular formula is C22H23N3O4. The molecule has 7 heteroatoms. The Hall–Kier alpha value is -3.61. The third-order valence-electron chi connectivity index (χ3n) is 4.81. The molecule has 1 heterocycles. The fourth-order valence-electron chi connectivity index (χ4n) is 3.06. The van der Waals surface area contributed by atoms with Crippen LogP contribution >= 0.6 is 0 Å². The number of carbonyl (C=O) groups is 2. The van der Waals surface area contributed by atoms with E-state index in [1.165, 1.54) is 4.68 Å². The highest BCUT2D eigenvalue weighted by molar-refractivity contribution is 6.00. The molecule has 150 valence electrons. The minimum absolute atomic E-state index is 0.00995. The van der Waals surface area contributed by atoms with Crippen LogP contribution < -0.4 is 15.6 Å². The Labute approximate surface area is 168 Å². The van der Waals surface area contributed by atoms with E-state index in [0.29, 0.717) is 22.7 Å². The van der Waals surface area contributed by atoms with Crippen molar-refractivity contribution in [1.82, 2.24) is 9.36 Å². The quantitative estimate of drug-likeness (QED) is 0.626. The van der Waals surface area contributed by atoms with Gasteiger partial charge >= 0.3 is 0 Å². The zero-order valence-corrected chi connectivity index (χ0v) is 16.6. The van der Waals surface area contributed by atoms with Crippen molar-refractivity contribution < 1.29 is 14.3 Å². The lowest BCUT2D eigenvalue weighted by atomic mass is 10.1. The molecule has 0 aliphatic heterocycles. The fourth-order valence-corrected chi connectivity index (χ4v) is 3.06. The van der Waals surface area contributed by atoms with Gasteiger partial charge in [0.1, 0.15) is 11.4 Å². The predicted octanol–water partition coefficient (Wildman–Crippen LogP) is 3.09. The number of ether oxygens (including phenoxy) is 1. The first-order chi connectivity index (χ1) is 13.9. The summed E-state index contributed by atoms with van der Waals surface area (Å²) in [6.07, 6.45) is 0.0426. The van der Waals surface area contributed by atoms with Crippen LogP contribution in [-0.2, 0) is 11.8 Å². The molecule has 0 saturated heterocycles. The highest BCUT2D eigenvalue weighted by Gasteiger charge is 2.18. The largest absolute Gasteiger partial charge is 0.497 e. The number of anilines is 1. The summed E-state index contributed by atoms with van der Waals surface area (Å²) in [5.74, 6) is 0.140. The summed E-state index contributed by atoms with van der Waals surface area (Å²) in [5, 5.41) is 2.67. The molecule has 0 atom stereocenters. The summed E-state index contributed by atoms with van der Waals surface area (Å²) < 4.78 is 8.25. The van der Waals surface area contributed by atoms with Gasteiger partial charge in [-0.05, 0) is 43.3 Å². The molecule has 29 heavy (non-hydrogen) atoms. The zero-order valence-electron chi connectivity index (χ0n) is 16.6. The monoisotopic (exact) mass is 393 g/mol. The van der Waals surface area contributed by atoms with Gasteiger partial charge in [-0.3, -0.25) is 19.1 Å². The van der Waals surface area contributed by atoms with Crippen molar-refractivity contribution in [3.8, 4) is 11.4 Å². The molecule has 2 aromatic carbocycles. The number of hydrogen-bond acceptors (Lipinski definition) is 4. The summed E-state index contributed by atoms with van der Waals surface area (Å²) >= 11 is 0. The van der Waals surface area contributed by atoms with Crippen LogP contribution in [0.4, 0.5) is 5.69 Å². The lowest BCUT2D eigenvalue weighted by Crippen LogP contribution is -2.23. The Balaban J connectivity index is 1.69. The van der Waals surface area contributed by atoms with Crippen LogP contribution in [0.5, 0.6) is 5.75 Å². The molecule has 7 nitrogen and oxygen atoms in total. The first-order valence-corrected chi connectivity index (χ1v) is 9.23. The van der Waals surface area contributed by atoms with Crippen LogP contribution in [0.2, 0.25) is 0 Å². The average molecular weight is 393 g/mol. The highest BCUT2D eigenvalue weighted by Crippen LogP contribution is 2.16. The van der Waals surface area contributed by atoms with Gasteiger partial charge in [0, 0.05) is 25.5 Å². The van der Waals surface area contributed by atoms with Gasteiger partial charge in [-0.2, -0.15) is 0 Å². The minimum atomic E-state index is -0.377. The Morgan fingerprint density at radius 1 is 1.00 bits per heavy atom. The maximum absolute atomic E-state index is 12.8. The molecule has 0 unspecified atom stereocenters. The molecule has 1 aromatic heterocycles. The summed E-state index contributed by atoms with van der Waals surface area (Å²) in [4.78, 5) is 37.5.